The molecule has 0 saturated carbocycles. The molecule has 0 spiro atoms. The van der Waals surface area contributed by atoms with Crippen molar-refractivity contribution < 1.29 is 0 Å². The molecule has 0 fully saturated rings. The molecule has 0 unspecified atom stereocenters. The lowest BCUT2D eigenvalue weighted by molar-refractivity contribution is 1.32. The number of terminal acetylenes is 1. The second-order valence-corrected chi connectivity index (χ2v) is 0.794. The summed E-state index contributed by atoms with van der Waals surface area (Å²) in [6, 6.07) is 0. The van der Waals surface area contributed by atoms with Crippen LogP contribution in [0.5, 0.6) is 0 Å². The first-order valence-electron chi connectivity index (χ1n) is 1.39. The Morgan fingerprint density at radius 1 is 1.83 bits per heavy atom. The number of hydrogen-bond donors (Lipinski definition) is 0. The minimum atomic E-state index is 0.351. The van der Waals surface area contributed by atoms with Gasteiger partial charge in [0.05, 0.1) is 5.16 Å². The lowest BCUT2D eigenvalue weighted by atomic mass is 10.7. The Morgan fingerprint density at radius 2 is 2.50 bits per heavy atom. The van der Waals surface area contributed by atoms with E-state index < -0.39 is 0 Å². The Morgan fingerprint density at radius 3 is 2.67 bits per heavy atom. The van der Waals surface area contributed by atoms with E-state index in [1.165, 1.54) is 0 Å². The van der Waals surface area contributed by atoms with Gasteiger partial charge in [-0.25, -0.2) is 4.99 Å². The predicted molar refractivity (Wildman–Crippen MR) is 28.7 cm³/mol. The summed E-state index contributed by atoms with van der Waals surface area (Å²) in [7, 11) is 0. The quantitative estimate of drug-likeness (QED) is 0.267. The molecule has 6 heavy (non-hydrogen) atoms. The van der Waals surface area contributed by atoms with Crippen LogP contribution in [0.4, 0.5) is 0 Å². The van der Waals surface area contributed by atoms with Gasteiger partial charge < -0.3 is 0 Å². The minimum absolute atomic E-state index is 0.351. The van der Waals surface area contributed by atoms with Gasteiger partial charge in [0.1, 0.15) is 6.54 Å². The van der Waals surface area contributed by atoms with Crippen molar-refractivity contribution in [2.24, 2.45) is 4.99 Å². The molecule has 0 aromatic rings. The number of nitrogens with zero attached hydrogens (tertiary/aromatic N) is 1. The Bertz CT molecular complexity index is 105. The number of aliphatic imine (C=N–C) groups is 1. The molecular formula is C4H3NS. The van der Waals surface area contributed by atoms with Gasteiger partial charge in [0.15, 0.2) is 0 Å². The normalized spacial score (nSPS) is 5.17. The predicted octanol–water partition coefficient (Wildman–Crippen LogP) is 0.722. The molecule has 0 amide bonds. The van der Waals surface area contributed by atoms with Gasteiger partial charge in [-0.2, -0.15) is 0 Å². The van der Waals surface area contributed by atoms with Crippen molar-refractivity contribution in [1.82, 2.24) is 0 Å². The van der Waals surface area contributed by atoms with Crippen molar-refractivity contribution in [3.05, 3.63) is 0 Å². The fraction of sp³-hybridized carbons (Fsp3) is 0.250. The van der Waals surface area contributed by atoms with Crippen LogP contribution in [-0.2, 0) is 0 Å². The van der Waals surface area contributed by atoms with E-state index in [9.17, 15) is 0 Å². The molecule has 0 aromatic heterocycles. The zero-order chi connectivity index (χ0) is 4.83. The standard InChI is InChI=1S/C4H3NS/c1-2-3-5-4-6/h1H,3H2. The molecule has 30 valence electrons. The van der Waals surface area contributed by atoms with Crippen molar-refractivity contribution in [1.29, 1.82) is 0 Å². The third-order valence-corrected chi connectivity index (χ3v) is 0.364. The van der Waals surface area contributed by atoms with Crippen LogP contribution in [0.25, 0.3) is 0 Å². The van der Waals surface area contributed by atoms with E-state index in [-0.39, 0.29) is 0 Å². The molecular weight excluding hydrogens is 94.1 g/mol. The second kappa shape index (κ2) is 4.36. The molecule has 0 atom stereocenters. The Hall–Kier alpha value is -0.640. The molecule has 0 heterocycles. The molecule has 0 aromatic carbocycles. The van der Waals surface area contributed by atoms with Gasteiger partial charge in [-0.3, -0.25) is 0 Å². The first kappa shape index (κ1) is 5.36. The summed E-state index contributed by atoms with van der Waals surface area (Å²) in [4.78, 5) is 3.42. The van der Waals surface area contributed by atoms with E-state index in [2.05, 4.69) is 28.3 Å². The maximum Gasteiger partial charge on any atom is 0.110 e. The smallest absolute Gasteiger partial charge is 0.110 e. The Balaban J connectivity index is 3.16. The highest BCUT2D eigenvalue weighted by Crippen LogP contribution is 1.56. The zero-order valence-corrected chi connectivity index (χ0v) is 3.96. The molecule has 2 heteroatoms. The minimum Gasteiger partial charge on any atom is -0.219 e. The fourth-order valence-corrected chi connectivity index (χ4v) is 0.142. The molecule has 1 nitrogen and oxygen atoms in total. The monoisotopic (exact) mass is 97.0 g/mol. The number of thiocarbonyl (C=S) groups is 1. The summed E-state index contributed by atoms with van der Waals surface area (Å²) >= 11 is 4.21. The van der Waals surface area contributed by atoms with Crippen LogP contribution in [0.3, 0.4) is 0 Å². The van der Waals surface area contributed by atoms with E-state index in [0.29, 0.717) is 6.54 Å². The van der Waals surface area contributed by atoms with Gasteiger partial charge >= 0.3 is 0 Å². The van der Waals surface area contributed by atoms with Crippen LogP contribution >= 0.6 is 12.2 Å². The van der Waals surface area contributed by atoms with Crippen molar-refractivity contribution in [2.45, 2.75) is 0 Å². The van der Waals surface area contributed by atoms with E-state index in [1.807, 2.05) is 0 Å². The number of rotatable bonds is 1. The lowest BCUT2D eigenvalue weighted by Crippen LogP contribution is -1.63. The van der Waals surface area contributed by atoms with E-state index in [4.69, 9.17) is 6.42 Å². The highest BCUT2D eigenvalue weighted by Gasteiger charge is 1.55. The molecule has 0 radical (unpaired) electrons. The van der Waals surface area contributed by atoms with Crippen LogP contribution in [-0.4, -0.2) is 11.7 Å². The number of hydrogen-bond acceptors (Lipinski definition) is 2. The van der Waals surface area contributed by atoms with Gasteiger partial charge in [-0.15, -0.1) is 6.42 Å². The largest absolute Gasteiger partial charge is 0.219 e. The Kier molecular flexibility index (Phi) is 3.89. The van der Waals surface area contributed by atoms with Crippen LogP contribution in [0.2, 0.25) is 0 Å². The summed E-state index contributed by atoms with van der Waals surface area (Å²) in [6.45, 7) is 0.351. The van der Waals surface area contributed by atoms with Crippen molar-refractivity contribution in [3.8, 4) is 12.3 Å². The topological polar surface area (TPSA) is 12.4 Å². The van der Waals surface area contributed by atoms with Gasteiger partial charge in [0, 0.05) is 0 Å². The molecule has 0 aliphatic heterocycles. The maximum absolute atomic E-state index is 4.78. The summed E-state index contributed by atoms with van der Waals surface area (Å²) in [5.74, 6) is 2.27. The van der Waals surface area contributed by atoms with Gasteiger partial charge in [0.25, 0.3) is 0 Å². The van der Waals surface area contributed by atoms with Gasteiger partial charge in [0.2, 0.25) is 0 Å². The highest BCUT2D eigenvalue weighted by atomic mass is 32.1. The van der Waals surface area contributed by atoms with Crippen LogP contribution in [0, 0.1) is 12.3 Å². The van der Waals surface area contributed by atoms with Gasteiger partial charge in [-0.1, -0.05) is 5.92 Å². The Labute approximate surface area is 42.1 Å². The third-order valence-electron chi connectivity index (χ3n) is 0.235. The molecule has 0 aliphatic carbocycles. The summed E-state index contributed by atoms with van der Waals surface area (Å²) in [5, 5.41) is 2.13. The maximum atomic E-state index is 4.78. The van der Waals surface area contributed by atoms with Crippen LogP contribution < -0.4 is 0 Å². The summed E-state index contributed by atoms with van der Waals surface area (Å²) in [6.07, 6.45) is 4.78. The van der Waals surface area contributed by atoms with E-state index in [0.717, 1.165) is 0 Å². The second-order valence-electron chi connectivity index (χ2n) is 0.612. The molecule has 0 N–H and O–H groups in total. The SMILES string of the molecule is C#CCN=C=S. The van der Waals surface area contributed by atoms with Crippen LogP contribution in [0.1, 0.15) is 0 Å². The van der Waals surface area contributed by atoms with Crippen molar-refractivity contribution in [3.63, 3.8) is 0 Å². The molecule has 0 bridgehead atoms. The van der Waals surface area contributed by atoms with Crippen LogP contribution in [0.15, 0.2) is 4.99 Å². The fourth-order valence-electron chi connectivity index (χ4n) is 0.0779. The first-order chi connectivity index (χ1) is 2.91. The zero-order valence-electron chi connectivity index (χ0n) is 3.14. The number of isothiocyanates is 1. The average Bonchev–Trinajstić information content (AvgIpc) is 1.61. The lowest BCUT2D eigenvalue weighted by Gasteiger charge is -1.62. The van der Waals surface area contributed by atoms with Crippen molar-refractivity contribution in [2.75, 3.05) is 6.54 Å². The molecule has 0 rings (SSSR count). The summed E-state index contributed by atoms with van der Waals surface area (Å²) in [5.41, 5.74) is 0. The molecule has 0 saturated heterocycles. The van der Waals surface area contributed by atoms with E-state index in [1.54, 1.807) is 0 Å². The highest BCUT2D eigenvalue weighted by molar-refractivity contribution is 7.78. The van der Waals surface area contributed by atoms with E-state index >= 15 is 0 Å². The molecule has 0 aliphatic rings. The third kappa shape index (κ3) is 3.36. The average molecular weight is 97.1 g/mol. The van der Waals surface area contributed by atoms with Crippen molar-refractivity contribution >= 4 is 17.4 Å². The summed E-state index contributed by atoms with van der Waals surface area (Å²) < 4.78 is 0. The van der Waals surface area contributed by atoms with Gasteiger partial charge in [-0.05, 0) is 12.2 Å². The first-order valence-corrected chi connectivity index (χ1v) is 1.79.